The molecule has 2 aromatic rings. The van der Waals surface area contributed by atoms with Gasteiger partial charge in [0.2, 0.25) is 21.8 Å². The summed E-state index contributed by atoms with van der Waals surface area (Å²) < 4.78 is 56.0. The Balaban J connectivity index is 1.53. The predicted molar refractivity (Wildman–Crippen MR) is 128 cm³/mol. The lowest BCUT2D eigenvalue weighted by Gasteiger charge is -2.38. The van der Waals surface area contributed by atoms with Gasteiger partial charge in [-0.2, -0.15) is 4.31 Å². The minimum Gasteiger partial charge on any atom is -0.345 e. The van der Waals surface area contributed by atoms with Crippen LogP contribution in [0.3, 0.4) is 0 Å². The number of nitrogens with one attached hydrogen (secondary N) is 2. The molecule has 1 aromatic carbocycles. The second-order valence-corrected chi connectivity index (χ2v) is 11.3. The van der Waals surface area contributed by atoms with Gasteiger partial charge in [-0.1, -0.05) is 37.6 Å². The summed E-state index contributed by atoms with van der Waals surface area (Å²) in [6.07, 6.45) is 3.93. The number of sulfonamides is 1. The minimum absolute atomic E-state index is 0.0805. The van der Waals surface area contributed by atoms with E-state index in [1.807, 2.05) is 13.0 Å². The van der Waals surface area contributed by atoms with Gasteiger partial charge in [0.05, 0.1) is 10.4 Å². The molecule has 1 saturated carbocycles. The van der Waals surface area contributed by atoms with E-state index in [0.29, 0.717) is 6.42 Å². The number of halogens is 2. The average Bonchev–Trinajstić information content (AvgIpc) is 3.64. The lowest BCUT2D eigenvalue weighted by molar-refractivity contribution is -0.136. The standard InChI is InChI=1S/C25H30F2N4O4S/c1-2-7-20(22(32)30-24(11-12-24)18-8-6-14-28-17-18)29-23(33)21-16-25(26,27)13-15-31(21)36(34,35)19-9-4-3-5-10-19/h3-6,8-10,14,17,20-21H,2,7,11-13,15-16H2,1H3,(H,29,33)(H,30,32). The van der Waals surface area contributed by atoms with E-state index in [4.69, 9.17) is 0 Å². The Morgan fingerprint density at radius 3 is 2.47 bits per heavy atom. The first-order valence-electron chi connectivity index (χ1n) is 12.1. The van der Waals surface area contributed by atoms with Crippen LogP contribution in [0.5, 0.6) is 0 Å². The van der Waals surface area contributed by atoms with Gasteiger partial charge in [-0.25, -0.2) is 17.2 Å². The fourth-order valence-corrected chi connectivity index (χ4v) is 6.17. The number of benzene rings is 1. The van der Waals surface area contributed by atoms with E-state index in [1.165, 1.54) is 24.3 Å². The number of nitrogens with zero attached hydrogens (tertiary/aromatic N) is 2. The molecule has 2 amide bonds. The van der Waals surface area contributed by atoms with E-state index in [0.717, 1.165) is 22.7 Å². The van der Waals surface area contributed by atoms with Crippen molar-refractivity contribution in [2.45, 2.75) is 73.9 Å². The molecule has 194 valence electrons. The second-order valence-electron chi connectivity index (χ2n) is 9.42. The van der Waals surface area contributed by atoms with Gasteiger partial charge in [-0.3, -0.25) is 14.6 Å². The SMILES string of the molecule is CCCC(NC(=O)C1CC(F)(F)CCN1S(=O)(=O)c1ccccc1)C(=O)NC1(c2cccnc2)CC1. The maximum absolute atomic E-state index is 14.4. The molecule has 2 aliphatic rings. The molecule has 1 aliphatic carbocycles. The third-order valence-electron chi connectivity index (χ3n) is 6.73. The van der Waals surface area contributed by atoms with Crippen LogP contribution in [0.15, 0.2) is 59.8 Å². The zero-order valence-electron chi connectivity index (χ0n) is 20.0. The number of piperidine rings is 1. The highest BCUT2D eigenvalue weighted by Crippen LogP contribution is 2.45. The van der Waals surface area contributed by atoms with Crippen LogP contribution in [-0.2, 0) is 25.2 Å². The van der Waals surface area contributed by atoms with Gasteiger partial charge < -0.3 is 10.6 Å². The highest BCUT2D eigenvalue weighted by atomic mass is 32.2. The van der Waals surface area contributed by atoms with Crippen molar-refractivity contribution >= 4 is 21.8 Å². The van der Waals surface area contributed by atoms with E-state index in [2.05, 4.69) is 15.6 Å². The van der Waals surface area contributed by atoms with Crippen molar-refractivity contribution in [1.29, 1.82) is 0 Å². The molecule has 2 atom stereocenters. The van der Waals surface area contributed by atoms with Crippen LogP contribution in [0.2, 0.25) is 0 Å². The van der Waals surface area contributed by atoms with Crippen molar-refractivity contribution in [2.75, 3.05) is 6.54 Å². The molecule has 1 aliphatic heterocycles. The highest BCUT2D eigenvalue weighted by Gasteiger charge is 2.49. The minimum atomic E-state index is -4.20. The summed E-state index contributed by atoms with van der Waals surface area (Å²) >= 11 is 0. The summed E-state index contributed by atoms with van der Waals surface area (Å²) in [4.78, 5) is 30.5. The summed E-state index contributed by atoms with van der Waals surface area (Å²) in [6, 6.07) is 8.42. The van der Waals surface area contributed by atoms with Gasteiger partial charge in [0.1, 0.15) is 12.1 Å². The third kappa shape index (κ3) is 5.57. The summed E-state index contributed by atoms with van der Waals surface area (Å²) in [6.45, 7) is 1.33. The molecule has 2 fully saturated rings. The van der Waals surface area contributed by atoms with Crippen LogP contribution in [0.25, 0.3) is 0 Å². The highest BCUT2D eigenvalue weighted by molar-refractivity contribution is 7.89. The maximum atomic E-state index is 14.4. The largest absolute Gasteiger partial charge is 0.345 e. The van der Waals surface area contributed by atoms with Gasteiger partial charge >= 0.3 is 0 Å². The molecule has 2 unspecified atom stereocenters. The monoisotopic (exact) mass is 520 g/mol. The van der Waals surface area contributed by atoms with Crippen LogP contribution in [-0.4, -0.2) is 54.1 Å². The number of carbonyl (C=O) groups excluding carboxylic acids is 2. The molecular formula is C25H30F2N4O4S. The Hall–Kier alpha value is -2.92. The van der Waals surface area contributed by atoms with Crippen LogP contribution in [0.4, 0.5) is 8.78 Å². The summed E-state index contributed by atoms with van der Waals surface area (Å²) in [7, 11) is -4.20. The fourth-order valence-electron chi connectivity index (χ4n) is 4.56. The van der Waals surface area contributed by atoms with Crippen molar-refractivity contribution < 1.29 is 26.8 Å². The molecule has 1 aromatic heterocycles. The van der Waals surface area contributed by atoms with E-state index in [9.17, 15) is 26.8 Å². The molecule has 1 saturated heterocycles. The van der Waals surface area contributed by atoms with Crippen LogP contribution in [0, 0.1) is 0 Å². The molecule has 0 radical (unpaired) electrons. The van der Waals surface area contributed by atoms with Gasteiger partial charge in [0.15, 0.2) is 0 Å². The molecule has 4 rings (SSSR count). The maximum Gasteiger partial charge on any atom is 0.251 e. The van der Waals surface area contributed by atoms with Gasteiger partial charge in [-0.05, 0) is 43.0 Å². The van der Waals surface area contributed by atoms with Gasteiger partial charge in [0, 0.05) is 31.8 Å². The molecule has 2 heterocycles. The lowest BCUT2D eigenvalue weighted by Crippen LogP contribution is -2.59. The molecule has 0 bridgehead atoms. The number of hydrogen-bond donors (Lipinski definition) is 2. The zero-order valence-corrected chi connectivity index (χ0v) is 20.8. The number of pyridine rings is 1. The molecule has 11 heteroatoms. The molecular weight excluding hydrogens is 490 g/mol. The molecule has 36 heavy (non-hydrogen) atoms. The van der Waals surface area contributed by atoms with E-state index in [1.54, 1.807) is 24.5 Å². The predicted octanol–water partition coefficient (Wildman–Crippen LogP) is 2.96. The number of carbonyl (C=O) groups is 2. The molecule has 0 spiro atoms. The van der Waals surface area contributed by atoms with Crippen molar-refractivity contribution in [3.8, 4) is 0 Å². The van der Waals surface area contributed by atoms with Crippen LogP contribution in [0.1, 0.15) is 51.0 Å². The summed E-state index contributed by atoms with van der Waals surface area (Å²) in [5, 5.41) is 5.56. The van der Waals surface area contributed by atoms with Gasteiger partial charge in [-0.15, -0.1) is 0 Å². The van der Waals surface area contributed by atoms with Crippen LogP contribution >= 0.6 is 0 Å². The number of rotatable bonds is 9. The quantitative estimate of drug-likeness (QED) is 0.529. The van der Waals surface area contributed by atoms with E-state index < -0.39 is 64.8 Å². The first kappa shape index (κ1) is 26.2. The van der Waals surface area contributed by atoms with Crippen LogP contribution < -0.4 is 10.6 Å². The van der Waals surface area contributed by atoms with Gasteiger partial charge in [0.25, 0.3) is 5.92 Å². The zero-order chi connectivity index (χ0) is 26.0. The molecule has 8 nitrogen and oxygen atoms in total. The number of aromatic nitrogens is 1. The topological polar surface area (TPSA) is 108 Å². The summed E-state index contributed by atoms with van der Waals surface area (Å²) in [5.41, 5.74) is 0.287. The summed E-state index contributed by atoms with van der Waals surface area (Å²) in [5.74, 6) is -4.55. The number of hydrogen-bond acceptors (Lipinski definition) is 5. The van der Waals surface area contributed by atoms with Crippen molar-refractivity contribution in [3.05, 3.63) is 60.4 Å². The fraction of sp³-hybridized carbons (Fsp3) is 0.480. The normalized spacial score (nSPS) is 21.8. The Labute approximate surface area is 209 Å². The Kier molecular flexibility index (Phi) is 7.42. The van der Waals surface area contributed by atoms with Crippen molar-refractivity contribution in [2.24, 2.45) is 0 Å². The smallest absolute Gasteiger partial charge is 0.251 e. The Morgan fingerprint density at radius 2 is 1.86 bits per heavy atom. The number of alkyl halides is 2. The Bertz CT molecular complexity index is 1190. The first-order valence-corrected chi connectivity index (χ1v) is 13.5. The second kappa shape index (κ2) is 10.2. The average molecular weight is 521 g/mol. The van der Waals surface area contributed by atoms with Crippen molar-refractivity contribution in [1.82, 2.24) is 19.9 Å². The number of amides is 2. The third-order valence-corrected chi connectivity index (χ3v) is 8.65. The van der Waals surface area contributed by atoms with Crippen molar-refractivity contribution in [3.63, 3.8) is 0 Å². The van der Waals surface area contributed by atoms with E-state index >= 15 is 0 Å². The van der Waals surface area contributed by atoms with E-state index in [-0.39, 0.29) is 11.3 Å². The molecule has 2 N–H and O–H groups in total. The Morgan fingerprint density at radius 1 is 1.14 bits per heavy atom. The lowest BCUT2D eigenvalue weighted by atomic mass is 9.99. The first-order chi connectivity index (χ1) is 17.1.